The van der Waals surface area contributed by atoms with E-state index in [2.05, 4.69) is 5.32 Å². The quantitative estimate of drug-likeness (QED) is 0.448. The lowest BCUT2D eigenvalue weighted by atomic mass is 10.1. The van der Waals surface area contributed by atoms with Crippen molar-refractivity contribution in [3.63, 3.8) is 0 Å². The number of rotatable bonds is 11. The highest BCUT2D eigenvalue weighted by molar-refractivity contribution is 7.89. The summed E-state index contributed by atoms with van der Waals surface area (Å²) in [5.74, 6) is -0.815. The first kappa shape index (κ1) is 29.1. The van der Waals surface area contributed by atoms with E-state index in [0.717, 1.165) is 16.3 Å². The van der Waals surface area contributed by atoms with Crippen molar-refractivity contribution < 1.29 is 18.0 Å². The second kappa shape index (κ2) is 12.7. The number of amides is 2. The first-order chi connectivity index (χ1) is 16.4. The molecule has 0 fully saturated rings. The molecule has 0 bridgehead atoms. The molecule has 2 aromatic rings. The van der Waals surface area contributed by atoms with Crippen LogP contribution in [0.3, 0.4) is 0 Å². The maximum absolute atomic E-state index is 13.5. The van der Waals surface area contributed by atoms with Crippen LogP contribution in [0, 0.1) is 6.92 Å². The molecule has 0 aliphatic carbocycles. The van der Waals surface area contributed by atoms with Gasteiger partial charge < -0.3 is 10.2 Å². The summed E-state index contributed by atoms with van der Waals surface area (Å²) in [6.45, 7) is 7.09. The summed E-state index contributed by atoms with van der Waals surface area (Å²) in [4.78, 5) is 28.0. The molecular formula is C25H33Cl2N3O4S. The van der Waals surface area contributed by atoms with E-state index in [1.165, 1.54) is 24.1 Å². The van der Waals surface area contributed by atoms with E-state index >= 15 is 0 Å². The van der Waals surface area contributed by atoms with E-state index in [0.29, 0.717) is 22.0 Å². The summed E-state index contributed by atoms with van der Waals surface area (Å²) in [6.07, 6.45) is 1.07. The van der Waals surface area contributed by atoms with Crippen molar-refractivity contribution in [1.29, 1.82) is 0 Å². The average Bonchev–Trinajstić information content (AvgIpc) is 2.80. The SMILES string of the molecule is CCC(C)NC(=O)C(CC)N(Cc1ccc(Cl)cc1Cl)C(=O)CN(C)S(=O)(=O)c1ccc(C)cc1. The minimum Gasteiger partial charge on any atom is -0.352 e. The van der Waals surface area contributed by atoms with Crippen molar-refractivity contribution in [1.82, 2.24) is 14.5 Å². The van der Waals surface area contributed by atoms with Crippen molar-refractivity contribution in [2.24, 2.45) is 0 Å². The van der Waals surface area contributed by atoms with Crippen LogP contribution in [0.15, 0.2) is 47.4 Å². The smallest absolute Gasteiger partial charge is 0.243 e. The van der Waals surface area contributed by atoms with Crippen molar-refractivity contribution in [3.05, 3.63) is 63.6 Å². The van der Waals surface area contributed by atoms with Gasteiger partial charge in [0.25, 0.3) is 0 Å². The monoisotopic (exact) mass is 541 g/mol. The summed E-state index contributed by atoms with van der Waals surface area (Å²) >= 11 is 12.4. The summed E-state index contributed by atoms with van der Waals surface area (Å²) in [7, 11) is -2.56. The van der Waals surface area contributed by atoms with Crippen LogP contribution in [0.2, 0.25) is 10.0 Å². The fourth-order valence-corrected chi connectivity index (χ4v) is 5.04. The lowest BCUT2D eigenvalue weighted by Gasteiger charge is -2.32. The van der Waals surface area contributed by atoms with Crippen LogP contribution < -0.4 is 5.32 Å². The Bertz CT molecular complexity index is 1140. The minimum atomic E-state index is -3.90. The second-order valence-electron chi connectivity index (χ2n) is 8.57. The molecule has 0 radical (unpaired) electrons. The van der Waals surface area contributed by atoms with E-state index in [1.54, 1.807) is 37.3 Å². The van der Waals surface area contributed by atoms with Crippen LogP contribution in [0.25, 0.3) is 0 Å². The largest absolute Gasteiger partial charge is 0.352 e. The topological polar surface area (TPSA) is 86.8 Å². The summed E-state index contributed by atoms with van der Waals surface area (Å²) in [6, 6.07) is 10.4. The van der Waals surface area contributed by atoms with Gasteiger partial charge in [0.05, 0.1) is 11.4 Å². The van der Waals surface area contributed by atoms with Crippen molar-refractivity contribution in [2.75, 3.05) is 13.6 Å². The summed E-state index contributed by atoms with van der Waals surface area (Å²) in [5.41, 5.74) is 1.52. The fraction of sp³-hybridized carbons (Fsp3) is 0.440. The normalized spacial score (nSPS) is 13.4. The molecule has 1 N–H and O–H groups in total. The molecule has 7 nitrogen and oxygen atoms in total. The summed E-state index contributed by atoms with van der Waals surface area (Å²) < 4.78 is 27.1. The molecule has 2 unspecified atom stereocenters. The first-order valence-electron chi connectivity index (χ1n) is 11.5. The predicted molar refractivity (Wildman–Crippen MR) is 140 cm³/mol. The van der Waals surface area contributed by atoms with Gasteiger partial charge in [0.2, 0.25) is 21.8 Å². The zero-order valence-corrected chi connectivity index (χ0v) is 23.0. The molecule has 192 valence electrons. The van der Waals surface area contributed by atoms with Crippen LogP contribution in [0.4, 0.5) is 0 Å². The number of likely N-dealkylation sites (N-methyl/N-ethyl adjacent to an activating group) is 1. The third kappa shape index (κ3) is 7.67. The van der Waals surface area contributed by atoms with E-state index in [4.69, 9.17) is 23.2 Å². The average molecular weight is 543 g/mol. The van der Waals surface area contributed by atoms with Gasteiger partial charge in [-0.25, -0.2) is 8.42 Å². The van der Waals surface area contributed by atoms with Crippen molar-refractivity contribution in [2.45, 2.75) is 64.1 Å². The maximum Gasteiger partial charge on any atom is 0.243 e. The number of hydrogen-bond donors (Lipinski definition) is 1. The molecule has 35 heavy (non-hydrogen) atoms. The maximum atomic E-state index is 13.5. The molecule has 2 aromatic carbocycles. The number of nitrogens with one attached hydrogen (secondary N) is 1. The molecule has 0 aliphatic heterocycles. The molecule has 0 spiro atoms. The number of aryl methyl sites for hydroxylation is 1. The highest BCUT2D eigenvalue weighted by atomic mass is 35.5. The van der Waals surface area contributed by atoms with E-state index in [-0.39, 0.29) is 23.4 Å². The molecule has 2 amide bonds. The Balaban J connectivity index is 2.37. The summed E-state index contributed by atoms with van der Waals surface area (Å²) in [5, 5.41) is 3.72. The molecule has 10 heteroatoms. The second-order valence-corrected chi connectivity index (χ2v) is 11.5. The fourth-order valence-electron chi connectivity index (χ4n) is 3.45. The number of sulfonamides is 1. The van der Waals surface area contributed by atoms with Crippen molar-refractivity contribution >= 4 is 45.0 Å². The number of nitrogens with zero attached hydrogens (tertiary/aromatic N) is 2. The van der Waals surface area contributed by atoms with Crippen LogP contribution in [-0.4, -0.2) is 55.1 Å². The minimum absolute atomic E-state index is 0.0275. The van der Waals surface area contributed by atoms with E-state index in [1.807, 2.05) is 20.8 Å². The Kier molecular flexibility index (Phi) is 10.6. The Morgan fingerprint density at radius 2 is 1.66 bits per heavy atom. The van der Waals surface area contributed by atoms with E-state index in [9.17, 15) is 18.0 Å². The first-order valence-corrected chi connectivity index (χ1v) is 13.7. The Hall–Kier alpha value is -2.13. The Morgan fingerprint density at radius 1 is 1.03 bits per heavy atom. The lowest BCUT2D eigenvalue weighted by Crippen LogP contribution is -2.53. The molecule has 0 heterocycles. The van der Waals surface area contributed by atoms with Crippen LogP contribution in [0.5, 0.6) is 0 Å². The standard InChI is InChI=1S/C25H33Cl2N3O4S/c1-6-18(4)28-25(32)23(7-2)30(15-19-10-11-20(26)14-22(19)27)24(31)16-29(5)35(33,34)21-12-8-17(3)9-13-21/h8-14,18,23H,6-7,15-16H2,1-5H3,(H,28,32). The molecule has 2 rings (SSSR count). The number of halogens is 2. The van der Waals surface area contributed by atoms with Crippen molar-refractivity contribution in [3.8, 4) is 0 Å². The van der Waals surface area contributed by atoms with Gasteiger partial charge >= 0.3 is 0 Å². The van der Waals surface area contributed by atoms with Gasteiger partial charge in [-0.2, -0.15) is 4.31 Å². The molecule has 0 aliphatic rings. The van der Waals surface area contributed by atoms with Crippen LogP contribution in [-0.2, 0) is 26.2 Å². The number of hydrogen-bond acceptors (Lipinski definition) is 4. The Labute approximate surface area is 218 Å². The zero-order valence-electron chi connectivity index (χ0n) is 20.7. The zero-order chi connectivity index (χ0) is 26.3. The van der Waals surface area contributed by atoms with Crippen LogP contribution in [0.1, 0.15) is 44.7 Å². The highest BCUT2D eigenvalue weighted by Gasteiger charge is 2.32. The predicted octanol–water partition coefficient (Wildman–Crippen LogP) is 4.64. The van der Waals surface area contributed by atoms with Crippen LogP contribution >= 0.6 is 23.2 Å². The van der Waals surface area contributed by atoms with Gasteiger partial charge in [-0.15, -0.1) is 0 Å². The third-order valence-corrected chi connectivity index (χ3v) is 8.23. The third-order valence-electron chi connectivity index (χ3n) is 5.83. The molecule has 0 saturated heterocycles. The molecule has 2 atom stereocenters. The Morgan fingerprint density at radius 3 is 2.20 bits per heavy atom. The van der Waals surface area contributed by atoms with Gasteiger partial charge in [-0.3, -0.25) is 9.59 Å². The number of carbonyl (C=O) groups is 2. The van der Waals surface area contributed by atoms with Gasteiger partial charge in [0.1, 0.15) is 6.04 Å². The molecular weight excluding hydrogens is 509 g/mol. The molecule has 0 aromatic heterocycles. The van der Waals surface area contributed by atoms with Gasteiger partial charge in [-0.05, 0) is 56.5 Å². The van der Waals surface area contributed by atoms with Gasteiger partial charge in [0, 0.05) is 29.7 Å². The highest BCUT2D eigenvalue weighted by Crippen LogP contribution is 2.24. The molecule has 0 saturated carbocycles. The number of carbonyl (C=O) groups excluding carboxylic acids is 2. The van der Waals surface area contributed by atoms with Gasteiger partial charge in [-0.1, -0.05) is 60.8 Å². The van der Waals surface area contributed by atoms with Gasteiger partial charge in [0.15, 0.2) is 0 Å². The lowest BCUT2D eigenvalue weighted by molar-refractivity contribution is -0.141. The van der Waals surface area contributed by atoms with E-state index < -0.39 is 28.5 Å². The number of benzene rings is 2.